The highest BCUT2D eigenvalue weighted by molar-refractivity contribution is 5.94. The molecule has 0 bridgehead atoms. The van der Waals surface area contributed by atoms with Crippen molar-refractivity contribution < 1.29 is 18.7 Å². The molecule has 110 valence electrons. The quantitative estimate of drug-likeness (QED) is 0.847. The maximum absolute atomic E-state index is 13.5. The number of carbonyl (C=O) groups excluding carboxylic acids is 1. The molecule has 1 heterocycles. The van der Waals surface area contributed by atoms with Gasteiger partial charge >= 0.3 is 0 Å². The first-order valence-corrected chi connectivity index (χ1v) is 6.77. The normalized spacial score (nSPS) is 19.1. The Labute approximate surface area is 118 Å². The van der Waals surface area contributed by atoms with Gasteiger partial charge in [0.05, 0.1) is 12.7 Å². The third kappa shape index (κ3) is 3.55. The number of halogens is 1. The van der Waals surface area contributed by atoms with Gasteiger partial charge < -0.3 is 14.4 Å². The molecule has 0 saturated carbocycles. The Kier molecular flexibility index (Phi) is 5.09. The van der Waals surface area contributed by atoms with E-state index in [0.717, 1.165) is 6.42 Å². The topological polar surface area (TPSA) is 38.8 Å². The molecule has 1 atom stereocenters. The number of aryl methyl sites for hydroxylation is 1. The summed E-state index contributed by atoms with van der Waals surface area (Å²) >= 11 is 0. The van der Waals surface area contributed by atoms with Gasteiger partial charge in [0.25, 0.3) is 5.91 Å². The Hall–Kier alpha value is -1.46. The minimum atomic E-state index is -0.347. The van der Waals surface area contributed by atoms with E-state index in [0.29, 0.717) is 37.4 Å². The Morgan fingerprint density at radius 3 is 3.05 bits per heavy atom. The van der Waals surface area contributed by atoms with Gasteiger partial charge in [-0.3, -0.25) is 4.79 Å². The first-order chi connectivity index (χ1) is 9.61. The maximum atomic E-state index is 13.5. The smallest absolute Gasteiger partial charge is 0.254 e. The van der Waals surface area contributed by atoms with Crippen molar-refractivity contribution in [3.63, 3.8) is 0 Å². The van der Waals surface area contributed by atoms with Crippen LogP contribution in [-0.4, -0.2) is 50.3 Å². The van der Waals surface area contributed by atoms with Gasteiger partial charge in [-0.25, -0.2) is 4.39 Å². The molecular formula is C15H20FNO3. The molecule has 0 unspecified atom stereocenters. The summed E-state index contributed by atoms with van der Waals surface area (Å²) in [7, 11) is 1.64. The minimum Gasteiger partial charge on any atom is -0.385 e. The molecule has 1 aliphatic heterocycles. The van der Waals surface area contributed by atoms with Gasteiger partial charge in [0, 0.05) is 32.4 Å². The van der Waals surface area contributed by atoms with Crippen molar-refractivity contribution in [2.75, 3.05) is 33.4 Å². The molecule has 2 rings (SSSR count). The van der Waals surface area contributed by atoms with Gasteiger partial charge in [0.1, 0.15) is 5.82 Å². The molecule has 5 heteroatoms. The van der Waals surface area contributed by atoms with Crippen molar-refractivity contribution in [1.29, 1.82) is 0 Å². The molecule has 0 radical (unpaired) electrons. The van der Waals surface area contributed by atoms with Crippen molar-refractivity contribution in [3.8, 4) is 0 Å². The second-order valence-electron chi connectivity index (χ2n) is 4.99. The van der Waals surface area contributed by atoms with Crippen LogP contribution in [0, 0.1) is 12.7 Å². The van der Waals surface area contributed by atoms with Crippen LogP contribution in [0.3, 0.4) is 0 Å². The maximum Gasteiger partial charge on any atom is 0.254 e. The number of nitrogens with zero attached hydrogens (tertiary/aromatic N) is 1. The summed E-state index contributed by atoms with van der Waals surface area (Å²) < 4.78 is 24.1. The van der Waals surface area contributed by atoms with Gasteiger partial charge in [0.2, 0.25) is 0 Å². The Balaban J connectivity index is 2.02. The molecule has 1 amide bonds. The summed E-state index contributed by atoms with van der Waals surface area (Å²) in [6.45, 7) is 3.86. The van der Waals surface area contributed by atoms with Crippen molar-refractivity contribution in [1.82, 2.24) is 4.90 Å². The molecule has 0 aliphatic carbocycles. The number of ether oxygens (including phenoxy) is 2. The number of methoxy groups -OCH3 is 1. The fourth-order valence-corrected chi connectivity index (χ4v) is 2.24. The minimum absolute atomic E-state index is 0.0112. The lowest BCUT2D eigenvalue weighted by Gasteiger charge is -2.33. The highest BCUT2D eigenvalue weighted by Gasteiger charge is 2.25. The summed E-state index contributed by atoms with van der Waals surface area (Å²) in [4.78, 5) is 14.1. The number of morpholine rings is 1. The van der Waals surface area contributed by atoms with Crippen LogP contribution in [0.1, 0.15) is 22.3 Å². The van der Waals surface area contributed by atoms with E-state index in [1.54, 1.807) is 31.1 Å². The fraction of sp³-hybridized carbons (Fsp3) is 0.533. The lowest BCUT2D eigenvalue weighted by atomic mass is 10.1. The summed E-state index contributed by atoms with van der Waals surface area (Å²) in [5.41, 5.74) is 0.932. The van der Waals surface area contributed by atoms with E-state index in [4.69, 9.17) is 9.47 Å². The molecule has 1 saturated heterocycles. The fourth-order valence-electron chi connectivity index (χ4n) is 2.24. The van der Waals surface area contributed by atoms with Gasteiger partial charge in [-0.15, -0.1) is 0 Å². The largest absolute Gasteiger partial charge is 0.385 e. The molecule has 4 nitrogen and oxygen atoms in total. The molecule has 1 aliphatic rings. The summed E-state index contributed by atoms with van der Waals surface area (Å²) in [6, 6.07) is 4.60. The zero-order valence-electron chi connectivity index (χ0n) is 11.9. The zero-order chi connectivity index (χ0) is 14.5. The van der Waals surface area contributed by atoms with E-state index in [2.05, 4.69) is 0 Å². The van der Waals surface area contributed by atoms with Crippen LogP contribution >= 0.6 is 0 Å². The standard InChI is InChI=1S/C15H20FNO3/c1-11-3-4-12(9-14(11)16)15(18)17-6-8-20-13(10-17)5-7-19-2/h3-4,9,13H,5-8,10H2,1-2H3/t13-/m0/s1. The number of rotatable bonds is 4. The second kappa shape index (κ2) is 6.81. The van der Waals surface area contributed by atoms with Crippen LogP contribution in [0.4, 0.5) is 4.39 Å². The SMILES string of the molecule is COCC[C@H]1CN(C(=O)c2ccc(C)c(F)c2)CCO1. The van der Waals surface area contributed by atoms with Crippen LogP contribution in [0.25, 0.3) is 0 Å². The van der Waals surface area contributed by atoms with Crippen LogP contribution in [-0.2, 0) is 9.47 Å². The summed E-state index contributed by atoms with van der Waals surface area (Å²) in [6.07, 6.45) is 0.741. The first kappa shape index (κ1) is 14.9. The molecular weight excluding hydrogens is 261 g/mol. The van der Waals surface area contributed by atoms with Crippen LogP contribution in [0.15, 0.2) is 18.2 Å². The second-order valence-corrected chi connectivity index (χ2v) is 4.99. The number of benzene rings is 1. The van der Waals surface area contributed by atoms with E-state index in [9.17, 15) is 9.18 Å². The Morgan fingerprint density at radius 2 is 2.35 bits per heavy atom. The monoisotopic (exact) mass is 281 g/mol. The van der Waals surface area contributed by atoms with Crippen LogP contribution in [0.5, 0.6) is 0 Å². The predicted molar refractivity (Wildman–Crippen MR) is 73.3 cm³/mol. The van der Waals surface area contributed by atoms with E-state index in [1.807, 2.05) is 0 Å². The van der Waals surface area contributed by atoms with Gasteiger partial charge in [-0.2, -0.15) is 0 Å². The highest BCUT2D eigenvalue weighted by Crippen LogP contribution is 2.15. The van der Waals surface area contributed by atoms with E-state index in [-0.39, 0.29) is 17.8 Å². The number of hydrogen-bond donors (Lipinski definition) is 0. The first-order valence-electron chi connectivity index (χ1n) is 6.77. The molecule has 0 aromatic heterocycles. The van der Waals surface area contributed by atoms with Gasteiger partial charge in [0.15, 0.2) is 0 Å². The van der Waals surface area contributed by atoms with Crippen LogP contribution in [0.2, 0.25) is 0 Å². The van der Waals surface area contributed by atoms with Crippen molar-refractivity contribution >= 4 is 5.91 Å². The van der Waals surface area contributed by atoms with Gasteiger partial charge in [-0.1, -0.05) is 6.07 Å². The van der Waals surface area contributed by atoms with E-state index < -0.39 is 0 Å². The number of carbonyl (C=O) groups is 1. The highest BCUT2D eigenvalue weighted by atomic mass is 19.1. The Morgan fingerprint density at radius 1 is 1.55 bits per heavy atom. The lowest BCUT2D eigenvalue weighted by Crippen LogP contribution is -2.46. The molecule has 20 heavy (non-hydrogen) atoms. The van der Waals surface area contributed by atoms with Crippen molar-refractivity contribution in [2.24, 2.45) is 0 Å². The molecule has 0 spiro atoms. The van der Waals surface area contributed by atoms with E-state index in [1.165, 1.54) is 6.07 Å². The number of hydrogen-bond acceptors (Lipinski definition) is 3. The molecule has 0 N–H and O–H groups in total. The molecule has 1 aromatic rings. The average Bonchev–Trinajstić information content (AvgIpc) is 2.47. The number of amides is 1. The average molecular weight is 281 g/mol. The Bertz CT molecular complexity index is 478. The van der Waals surface area contributed by atoms with Crippen LogP contribution < -0.4 is 0 Å². The summed E-state index contributed by atoms with van der Waals surface area (Å²) in [5, 5.41) is 0. The lowest BCUT2D eigenvalue weighted by molar-refractivity contribution is -0.0332. The third-order valence-corrected chi connectivity index (χ3v) is 3.49. The zero-order valence-corrected chi connectivity index (χ0v) is 11.9. The molecule has 1 fully saturated rings. The third-order valence-electron chi connectivity index (χ3n) is 3.49. The van der Waals surface area contributed by atoms with Crippen molar-refractivity contribution in [3.05, 3.63) is 35.1 Å². The van der Waals surface area contributed by atoms with Gasteiger partial charge in [-0.05, 0) is 31.0 Å². The summed E-state index contributed by atoms with van der Waals surface area (Å²) in [5.74, 6) is -0.491. The van der Waals surface area contributed by atoms with Crippen molar-refractivity contribution in [2.45, 2.75) is 19.4 Å². The molecule has 1 aromatic carbocycles. The van der Waals surface area contributed by atoms with E-state index >= 15 is 0 Å². The predicted octanol–water partition coefficient (Wildman–Crippen LogP) is 2.01.